The summed E-state index contributed by atoms with van der Waals surface area (Å²) in [7, 11) is 0. The van der Waals surface area contributed by atoms with Crippen LogP contribution in [0.3, 0.4) is 0 Å². The Morgan fingerprint density at radius 1 is 1.60 bits per heavy atom. The monoisotopic (exact) mass is 211 g/mol. The zero-order valence-electron chi connectivity index (χ0n) is 8.75. The van der Waals surface area contributed by atoms with Crippen molar-refractivity contribution in [3.8, 4) is 0 Å². The molecule has 0 aliphatic carbocycles. The second-order valence-electron chi connectivity index (χ2n) is 3.51. The first-order chi connectivity index (χ1) is 7.00. The number of aryl methyl sites for hydroxylation is 1. The molecule has 0 aliphatic heterocycles. The maximum absolute atomic E-state index is 12.8. The van der Waals surface area contributed by atoms with Crippen LogP contribution in [0.15, 0.2) is 18.2 Å². The van der Waals surface area contributed by atoms with Crippen LogP contribution in [-0.4, -0.2) is 17.1 Å². The summed E-state index contributed by atoms with van der Waals surface area (Å²) in [4.78, 5) is 10.5. The Hall–Kier alpha value is -1.42. The Kier molecular flexibility index (Phi) is 3.80. The predicted molar refractivity (Wildman–Crippen MR) is 55.1 cm³/mol. The molecule has 0 aromatic heterocycles. The van der Waals surface area contributed by atoms with Crippen LogP contribution in [0.2, 0.25) is 0 Å². The number of halogens is 1. The van der Waals surface area contributed by atoms with E-state index in [4.69, 9.17) is 5.11 Å². The molecule has 1 atom stereocenters. The van der Waals surface area contributed by atoms with Crippen molar-refractivity contribution in [2.75, 3.05) is 0 Å². The van der Waals surface area contributed by atoms with Crippen LogP contribution in [0.25, 0.3) is 0 Å². The van der Waals surface area contributed by atoms with E-state index in [2.05, 4.69) is 5.32 Å². The second-order valence-corrected chi connectivity index (χ2v) is 3.51. The summed E-state index contributed by atoms with van der Waals surface area (Å²) < 4.78 is 12.8. The fourth-order valence-corrected chi connectivity index (χ4v) is 1.21. The van der Waals surface area contributed by atoms with Gasteiger partial charge in [0.1, 0.15) is 11.9 Å². The molecule has 1 aromatic rings. The quantitative estimate of drug-likeness (QED) is 0.796. The third kappa shape index (κ3) is 3.32. The van der Waals surface area contributed by atoms with E-state index in [1.54, 1.807) is 19.9 Å². The Labute approximate surface area is 87.9 Å². The molecule has 0 fully saturated rings. The SMILES string of the molecule is Cc1cc(F)ccc1CN[C@H](C)C(=O)O. The average Bonchev–Trinajstić information content (AvgIpc) is 2.15. The van der Waals surface area contributed by atoms with Gasteiger partial charge in [-0.05, 0) is 37.1 Å². The Bertz CT molecular complexity index is 366. The van der Waals surface area contributed by atoms with Gasteiger partial charge >= 0.3 is 5.97 Å². The summed E-state index contributed by atoms with van der Waals surface area (Å²) >= 11 is 0. The summed E-state index contributed by atoms with van der Waals surface area (Å²) in [5.41, 5.74) is 1.73. The minimum Gasteiger partial charge on any atom is -0.480 e. The van der Waals surface area contributed by atoms with E-state index in [1.165, 1.54) is 12.1 Å². The molecule has 0 amide bonds. The van der Waals surface area contributed by atoms with Gasteiger partial charge in [-0.1, -0.05) is 6.07 Å². The van der Waals surface area contributed by atoms with Crippen LogP contribution in [0.5, 0.6) is 0 Å². The van der Waals surface area contributed by atoms with Crippen LogP contribution in [-0.2, 0) is 11.3 Å². The minimum atomic E-state index is -0.894. The van der Waals surface area contributed by atoms with E-state index >= 15 is 0 Å². The first kappa shape index (κ1) is 11.7. The predicted octanol–water partition coefficient (Wildman–Crippen LogP) is 1.70. The maximum atomic E-state index is 12.8. The molecule has 1 rings (SSSR count). The molecule has 0 saturated heterocycles. The molecule has 1 aromatic carbocycles. The molecule has 0 radical (unpaired) electrons. The van der Waals surface area contributed by atoms with Gasteiger partial charge in [-0.25, -0.2) is 4.39 Å². The van der Waals surface area contributed by atoms with E-state index in [1.807, 2.05) is 0 Å². The molecule has 4 heteroatoms. The van der Waals surface area contributed by atoms with Crippen molar-refractivity contribution in [2.24, 2.45) is 0 Å². The standard InChI is InChI=1S/C11H14FNO2/c1-7-5-10(12)4-3-9(7)6-13-8(2)11(14)15/h3-5,8,13H,6H2,1-2H3,(H,14,15)/t8-/m1/s1. The summed E-state index contributed by atoms with van der Waals surface area (Å²) in [5.74, 6) is -1.17. The topological polar surface area (TPSA) is 49.3 Å². The maximum Gasteiger partial charge on any atom is 0.320 e. The largest absolute Gasteiger partial charge is 0.480 e. The summed E-state index contributed by atoms with van der Waals surface area (Å²) in [5, 5.41) is 11.5. The number of rotatable bonds is 4. The molecule has 0 spiro atoms. The van der Waals surface area contributed by atoms with Crippen LogP contribution >= 0.6 is 0 Å². The van der Waals surface area contributed by atoms with Gasteiger partial charge in [0.05, 0.1) is 0 Å². The average molecular weight is 211 g/mol. The van der Waals surface area contributed by atoms with Gasteiger partial charge in [0.15, 0.2) is 0 Å². The number of hydrogen-bond donors (Lipinski definition) is 2. The summed E-state index contributed by atoms with van der Waals surface area (Å²) in [6.07, 6.45) is 0. The van der Waals surface area contributed by atoms with Gasteiger partial charge in [0, 0.05) is 6.54 Å². The molecule has 0 unspecified atom stereocenters. The Morgan fingerprint density at radius 3 is 2.80 bits per heavy atom. The number of carboxylic acids is 1. The van der Waals surface area contributed by atoms with Crippen LogP contribution in [0, 0.1) is 12.7 Å². The van der Waals surface area contributed by atoms with Gasteiger partial charge in [-0.15, -0.1) is 0 Å². The molecule has 0 aliphatic rings. The van der Waals surface area contributed by atoms with Crippen molar-refractivity contribution < 1.29 is 14.3 Å². The molecule has 0 bridgehead atoms. The highest BCUT2D eigenvalue weighted by Gasteiger charge is 2.09. The lowest BCUT2D eigenvalue weighted by atomic mass is 10.1. The third-order valence-electron chi connectivity index (χ3n) is 2.27. The van der Waals surface area contributed by atoms with E-state index in [0.29, 0.717) is 6.54 Å². The summed E-state index contributed by atoms with van der Waals surface area (Å²) in [6.45, 7) is 3.80. The third-order valence-corrected chi connectivity index (χ3v) is 2.27. The van der Waals surface area contributed by atoms with Gasteiger partial charge in [0.2, 0.25) is 0 Å². The number of carbonyl (C=O) groups is 1. The fourth-order valence-electron chi connectivity index (χ4n) is 1.21. The molecular weight excluding hydrogens is 197 g/mol. The molecule has 82 valence electrons. The number of hydrogen-bond acceptors (Lipinski definition) is 2. The number of nitrogens with one attached hydrogen (secondary N) is 1. The Morgan fingerprint density at radius 2 is 2.27 bits per heavy atom. The molecular formula is C11H14FNO2. The van der Waals surface area contributed by atoms with Crippen LogP contribution in [0.1, 0.15) is 18.1 Å². The van der Waals surface area contributed by atoms with E-state index < -0.39 is 12.0 Å². The minimum absolute atomic E-state index is 0.275. The first-order valence-corrected chi connectivity index (χ1v) is 4.72. The van der Waals surface area contributed by atoms with Crippen molar-refractivity contribution in [2.45, 2.75) is 26.4 Å². The Balaban J connectivity index is 2.62. The summed E-state index contributed by atoms with van der Waals surface area (Å²) in [6, 6.07) is 3.86. The molecule has 0 heterocycles. The highest BCUT2D eigenvalue weighted by atomic mass is 19.1. The van der Waals surface area contributed by atoms with Crippen molar-refractivity contribution in [1.29, 1.82) is 0 Å². The van der Waals surface area contributed by atoms with E-state index in [9.17, 15) is 9.18 Å². The van der Waals surface area contributed by atoms with Crippen molar-refractivity contribution in [3.05, 3.63) is 35.1 Å². The zero-order chi connectivity index (χ0) is 11.4. The lowest BCUT2D eigenvalue weighted by Gasteiger charge is -2.10. The van der Waals surface area contributed by atoms with Crippen molar-refractivity contribution in [3.63, 3.8) is 0 Å². The van der Waals surface area contributed by atoms with Crippen molar-refractivity contribution >= 4 is 5.97 Å². The van der Waals surface area contributed by atoms with E-state index in [0.717, 1.165) is 11.1 Å². The second kappa shape index (κ2) is 4.89. The van der Waals surface area contributed by atoms with Gasteiger partial charge in [-0.2, -0.15) is 0 Å². The number of benzene rings is 1. The fraction of sp³-hybridized carbons (Fsp3) is 0.364. The number of aliphatic carboxylic acids is 1. The molecule has 2 N–H and O–H groups in total. The van der Waals surface area contributed by atoms with Crippen LogP contribution < -0.4 is 5.32 Å². The van der Waals surface area contributed by atoms with Crippen LogP contribution in [0.4, 0.5) is 4.39 Å². The normalized spacial score (nSPS) is 12.5. The lowest BCUT2D eigenvalue weighted by Crippen LogP contribution is -2.33. The van der Waals surface area contributed by atoms with Gasteiger partial charge in [0.25, 0.3) is 0 Å². The van der Waals surface area contributed by atoms with Gasteiger partial charge in [-0.3, -0.25) is 4.79 Å². The first-order valence-electron chi connectivity index (χ1n) is 4.72. The zero-order valence-corrected chi connectivity index (χ0v) is 8.75. The smallest absolute Gasteiger partial charge is 0.320 e. The van der Waals surface area contributed by atoms with Gasteiger partial charge < -0.3 is 10.4 Å². The molecule has 3 nitrogen and oxygen atoms in total. The highest BCUT2D eigenvalue weighted by molar-refractivity contribution is 5.72. The lowest BCUT2D eigenvalue weighted by molar-refractivity contribution is -0.139. The number of carboxylic acid groups (broad SMARTS) is 1. The van der Waals surface area contributed by atoms with Crippen molar-refractivity contribution in [1.82, 2.24) is 5.32 Å². The molecule has 0 saturated carbocycles. The highest BCUT2D eigenvalue weighted by Crippen LogP contribution is 2.09. The van der Waals surface area contributed by atoms with E-state index in [-0.39, 0.29) is 5.82 Å². The molecule has 15 heavy (non-hydrogen) atoms.